The Labute approximate surface area is 152 Å². The molecule has 4 N–H and O–H groups in total. The molecular formula is C19H13N7O. The van der Waals surface area contributed by atoms with Crippen LogP contribution in [0.15, 0.2) is 59.4 Å². The average Bonchev–Trinajstić information content (AvgIpc) is 3.07. The molecule has 0 aliphatic rings. The lowest BCUT2D eigenvalue weighted by atomic mass is 10.0. The highest BCUT2D eigenvalue weighted by molar-refractivity contribution is 5.86. The summed E-state index contributed by atoms with van der Waals surface area (Å²) < 4.78 is 5.33. The molecule has 3 heterocycles. The molecule has 5 rings (SSSR count). The van der Waals surface area contributed by atoms with Gasteiger partial charge in [-0.05, 0) is 35.4 Å². The van der Waals surface area contributed by atoms with Crippen molar-refractivity contribution in [2.45, 2.75) is 0 Å². The van der Waals surface area contributed by atoms with Gasteiger partial charge in [0.05, 0.1) is 22.9 Å². The molecule has 0 fully saturated rings. The third-order valence-electron chi connectivity index (χ3n) is 4.25. The minimum atomic E-state index is 0.155. The van der Waals surface area contributed by atoms with E-state index in [0.29, 0.717) is 16.8 Å². The Morgan fingerprint density at radius 3 is 2.22 bits per heavy atom. The van der Waals surface area contributed by atoms with Gasteiger partial charge in [0, 0.05) is 18.0 Å². The van der Waals surface area contributed by atoms with E-state index >= 15 is 0 Å². The molecule has 0 bridgehead atoms. The van der Waals surface area contributed by atoms with Gasteiger partial charge in [0.15, 0.2) is 5.58 Å². The molecule has 27 heavy (non-hydrogen) atoms. The molecular weight excluding hydrogens is 342 g/mol. The van der Waals surface area contributed by atoms with Gasteiger partial charge >= 0.3 is 0 Å². The van der Waals surface area contributed by atoms with E-state index in [0.717, 1.165) is 27.7 Å². The zero-order valence-electron chi connectivity index (χ0n) is 14.0. The first-order valence-corrected chi connectivity index (χ1v) is 8.17. The van der Waals surface area contributed by atoms with Crippen molar-refractivity contribution in [1.82, 2.24) is 24.9 Å². The van der Waals surface area contributed by atoms with Crippen molar-refractivity contribution in [2.75, 3.05) is 11.5 Å². The summed E-state index contributed by atoms with van der Waals surface area (Å²) in [7, 11) is 0. The van der Waals surface area contributed by atoms with Crippen LogP contribution in [0.5, 0.6) is 0 Å². The van der Waals surface area contributed by atoms with Gasteiger partial charge in [-0.15, -0.1) is 0 Å². The number of benzene rings is 2. The van der Waals surface area contributed by atoms with E-state index in [1.165, 1.54) is 0 Å². The second kappa shape index (κ2) is 5.73. The third kappa shape index (κ3) is 2.69. The number of hydrogen-bond donors (Lipinski definition) is 2. The molecule has 0 radical (unpaired) electrons. The van der Waals surface area contributed by atoms with Gasteiger partial charge in [-0.25, -0.2) is 15.0 Å². The molecule has 0 amide bonds. The molecule has 0 atom stereocenters. The highest BCUT2D eigenvalue weighted by atomic mass is 16.4. The Balaban J connectivity index is 1.61. The predicted molar refractivity (Wildman–Crippen MR) is 102 cm³/mol. The van der Waals surface area contributed by atoms with Crippen LogP contribution < -0.4 is 11.5 Å². The number of rotatable bonds is 2. The fourth-order valence-electron chi connectivity index (χ4n) is 2.93. The molecule has 8 heteroatoms. The molecule has 130 valence electrons. The first-order chi connectivity index (χ1) is 13.2. The molecule has 0 unspecified atom stereocenters. The van der Waals surface area contributed by atoms with Crippen molar-refractivity contribution >= 4 is 34.1 Å². The molecule has 8 nitrogen and oxygen atoms in total. The van der Waals surface area contributed by atoms with Crippen LogP contribution in [0.25, 0.3) is 44.5 Å². The van der Waals surface area contributed by atoms with E-state index in [1.54, 1.807) is 18.6 Å². The standard InChI is InChI=1S/C19H13N7O/c20-18-23-7-12(8-24-18)16-9-22-13-3-1-10(5-14(13)25-16)11-2-4-17-15(6-11)26-19(21)27-17/h1-9H,(H2,21,26)(H2,20,23,24). The number of nitrogens with two attached hydrogens (primary N) is 2. The summed E-state index contributed by atoms with van der Waals surface area (Å²) in [6.45, 7) is 0. The average molecular weight is 355 g/mol. The van der Waals surface area contributed by atoms with E-state index in [2.05, 4.69) is 19.9 Å². The SMILES string of the molecule is Nc1ncc(-c2cnc3ccc(-c4ccc5oc(N)nc5c4)cc3n2)cn1. The van der Waals surface area contributed by atoms with E-state index in [-0.39, 0.29) is 12.0 Å². The number of hydrogen-bond acceptors (Lipinski definition) is 8. The normalized spacial score (nSPS) is 11.3. The fraction of sp³-hybridized carbons (Fsp3) is 0. The predicted octanol–water partition coefficient (Wildman–Crippen LogP) is 3.06. The summed E-state index contributed by atoms with van der Waals surface area (Å²) in [4.78, 5) is 21.4. The summed E-state index contributed by atoms with van der Waals surface area (Å²) in [5.74, 6) is 0.221. The summed E-state index contributed by atoms with van der Waals surface area (Å²) in [6, 6.07) is 11.8. The van der Waals surface area contributed by atoms with Crippen LogP contribution in [0.1, 0.15) is 0 Å². The quantitative estimate of drug-likeness (QED) is 0.494. The maximum atomic E-state index is 5.62. The molecule has 0 spiro atoms. The molecule has 2 aromatic carbocycles. The number of fused-ring (bicyclic) bond motifs is 2. The smallest absolute Gasteiger partial charge is 0.292 e. The van der Waals surface area contributed by atoms with Crippen LogP contribution in [0.2, 0.25) is 0 Å². The molecule has 0 aliphatic heterocycles. The number of nitrogens with zero attached hydrogens (tertiary/aromatic N) is 5. The highest BCUT2D eigenvalue weighted by Gasteiger charge is 2.08. The Kier molecular flexibility index (Phi) is 3.23. The molecule has 5 aromatic rings. The van der Waals surface area contributed by atoms with Gasteiger partial charge in [0.2, 0.25) is 5.95 Å². The second-order valence-electron chi connectivity index (χ2n) is 6.02. The number of anilines is 2. The van der Waals surface area contributed by atoms with Gasteiger partial charge in [0.25, 0.3) is 6.01 Å². The van der Waals surface area contributed by atoms with Gasteiger partial charge in [0.1, 0.15) is 5.52 Å². The van der Waals surface area contributed by atoms with Gasteiger partial charge in [-0.3, -0.25) is 4.98 Å². The Morgan fingerprint density at radius 1 is 0.667 bits per heavy atom. The summed E-state index contributed by atoms with van der Waals surface area (Å²) >= 11 is 0. The Morgan fingerprint density at radius 2 is 1.41 bits per heavy atom. The van der Waals surface area contributed by atoms with Crippen LogP contribution >= 0.6 is 0 Å². The van der Waals surface area contributed by atoms with Crippen molar-refractivity contribution in [3.63, 3.8) is 0 Å². The van der Waals surface area contributed by atoms with E-state index in [4.69, 9.17) is 20.9 Å². The molecule has 0 saturated heterocycles. The fourth-order valence-corrected chi connectivity index (χ4v) is 2.93. The minimum absolute atomic E-state index is 0.155. The minimum Gasteiger partial charge on any atom is -0.424 e. The van der Waals surface area contributed by atoms with E-state index in [1.807, 2.05) is 36.4 Å². The lowest BCUT2D eigenvalue weighted by molar-refractivity contribution is 0.626. The van der Waals surface area contributed by atoms with Crippen molar-refractivity contribution in [3.05, 3.63) is 55.0 Å². The number of oxazole rings is 1. The number of aromatic nitrogens is 5. The Hall–Kier alpha value is -4.07. The number of nitrogen functional groups attached to an aromatic ring is 2. The van der Waals surface area contributed by atoms with E-state index < -0.39 is 0 Å². The van der Waals surface area contributed by atoms with Crippen LogP contribution in [0.3, 0.4) is 0 Å². The topological polar surface area (TPSA) is 130 Å². The van der Waals surface area contributed by atoms with Crippen molar-refractivity contribution in [3.8, 4) is 22.4 Å². The van der Waals surface area contributed by atoms with Gasteiger partial charge in [-0.2, -0.15) is 4.98 Å². The van der Waals surface area contributed by atoms with Crippen molar-refractivity contribution in [1.29, 1.82) is 0 Å². The van der Waals surface area contributed by atoms with Gasteiger partial charge in [-0.1, -0.05) is 12.1 Å². The monoisotopic (exact) mass is 355 g/mol. The van der Waals surface area contributed by atoms with Crippen LogP contribution in [0, 0.1) is 0 Å². The first kappa shape index (κ1) is 15.2. The first-order valence-electron chi connectivity index (χ1n) is 8.17. The summed E-state index contributed by atoms with van der Waals surface area (Å²) in [6.07, 6.45) is 4.96. The van der Waals surface area contributed by atoms with E-state index in [9.17, 15) is 0 Å². The summed E-state index contributed by atoms with van der Waals surface area (Å²) in [5.41, 5.74) is 17.5. The zero-order valence-corrected chi connectivity index (χ0v) is 14.0. The van der Waals surface area contributed by atoms with Crippen LogP contribution in [-0.2, 0) is 0 Å². The van der Waals surface area contributed by atoms with Crippen LogP contribution in [0.4, 0.5) is 12.0 Å². The molecule has 0 saturated carbocycles. The summed E-state index contributed by atoms with van der Waals surface area (Å²) in [5, 5.41) is 0. The lowest BCUT2D eigenvalue weighted by Gasteiger charge is -2.05. The van der Waals surface area contributed by atoms with Crippen molar-refractivity contribution < 1.29 is 4.42 Å². The molecule has 0 aliphatic carbocycles. The third-order valence-corrected chi connectivity index (χ3v) is 4.25. The second-order valence-corrected chi connectivity index (χ2v) is 6.02. The maximum Gasteiger partial charge on any atom is 0.292 e. The Bertz CT molecular complexity index is 1290. The van der Waals surface area contributed by atoms with Crippen LogP contribution in [-0.4, -0.2) is 24.9 Å². The zero-order chi connectivity index (χ0) is 18.4. The maximum absolute atomic E-state index is 5.62. The molecule has 3 aromatic heterocycles. The van der Waals surface area contributed by atoms with Gasteiger partial charge < -0.3 is 15.9 Å². The largest absolute Gasteiger partial charge is 0.424 e. The lowest BCUT2D eigenvalue weighted by Crippen LogP contribution is -1.95. The highest BCUT2D eigenvalue weighted by Crippen LogP contribution is 2.28. The van der Waals surface area contributed by atoms with Crippen molar-refractivity contribution in [2.24, 2.45) is 0 Å².